The Bertz CT molecular complexity index is 1010. The van der Waals surface area contributed by atoms with E-state index in [1.165, 1.54) is 31.4 Å². The fourth-order valence-electron chi connectivity index (χ4n) is 4.22. The summed E-state index contributed by atoms with van der Waals surface area (Å²) in [6.45, 7) is 2.65. The van der Waals surface area contributed by atoms with Crippen LogP contribution in [0.3, 0.4) is 0 Å². The molecular weight excluding hydrogens is 408 g/mol. The maximum atomic E-state index is 13.3. The number of unbranched alkanes of at least 4 members (excludes halogenated alkanes) is 1. The molecule has 1 aliphatic carbocycles. The molecule has 3 rings (SSSR count). The number of carbonyl (C=O) groups is 2. The first kappa shape index (κ1) is 23.6. The quantitative estimate of drug-likeness (QED) is 0.641. The second-order valence-corrected chi connectivity index (χ2v) is 8.28. The first-order chi connectivity index (χ1) is 15.5. The van der Waals surface area contributed by atoms with Gasteiger partial charge in [-0.3, -0.25) is 9.59 Å². The Morgan fingerprint density at radius 3 is 2.47 bits per heavy atom. The van der Waals surface area contributed by atoms with E-state index in [-0.39, 0.29) is 16.9 Å². The fraction of sp³-hybridized carbons (Fsp3) is 0.480. The maximum Gasteiger partial charge on any atom is 0.333 e. The third kappa shape index (κ3) is 5.39. The molecule has 1 amide bonds. The highest BCUT2D eigenvalue weighted by Gasteiger charge is 2.27. The van der Waals surface area contributed by atoms with Gasteiger partial charge in [0.2, 0.25) is 0 Å². The van der Waals surface area contributed by atoms with Gasteiger partial charge < -0.3 is 19.7 Å². The lowest BCUT2D eigenvalue weighted by atomic mass is 9.95. The van der Waals surface area contributed by atoms with Gasteiger partial charge in [0, 0.05) is 12.2 Å². The minimum Gasteiger partial charge on any atom is -0.508 e. The number of benzene rings is 1. The minimum absolute atomic E-state index is 0.0455. The summed E-state index contributed by atoms with van der Waals surface area (Å²) in [5.74, 6) is -1.21. The van der Waals surface area contributed by atoms with E-state index in [2.05, 4.69) is 12.2 Å². The molecule has 0 saturated heterocycles. The lowest BCUT2D eigenvalue weighted by Gasteiger charge is -2.22. The number of nitrogens with one attached hydrogen (secondary N) is 1. The van der Waals surface area contributed by atoms with Crippen LogP contribution in [-0.2, 0) is 28.9 Å². The van der Waals surface area contributed by atoms with Gasteiger partial charge in [0.25, 0.3) is 11.5 Å². The zero-order valence-corrected chi connectivity index (χ0v) is 18.9. The molecule has 0 aliphatic heterocycles. The van der Waals surface area contributed by atoms with Crippen molar-refractivity contribution in [1.82, 2.24) is 9.88 Å². The molecule has 0 fully saturated rings. The predicted octanol–water partition coefficient (Wildman–Crippen LogP) is 3.66. The van der Waals surface area contributed by atoms with Gasteiger partial charge in [-0.2, -0.15) is 0 Å². The van der Waals surface area contributed by atoms with E-state index in [9.17, 15) is 19.5 Å². The predicted molar refractivity (Wildman–Crippen MR) is 122 cm³/mol. The highest BCUT2D eigenvalue weighted by Crippen LogP contribution is 2.22. The molecule has 0 spiro atoms. The van der Waals surface area contributed by atoms with Gasteiger partial charge in [-0.25, -0.2) is 4.79 Å². The number of nitrogens with zero attached hydrogens (tertiary/aromatic N) is 1. The molecule has 1 unspecified atom stereocenters. The lowest BCUT2D eigenvalue weighted by Crippen LogP contribution is -2.39. The second-order valence-electron chi connectivity index (χ2n) is 8.28. The van der Waals surface area contributed by atoms with Crippen LogP contribution in [0.15, 0.2) is 35.1 Å². The molecule has 2 N–H and O–H groups in total. The van der Waals surface area contributed by atoms with Crippen molar-refractivity contribution in [2.24, 2.45) is 0 Å². The third-order valence-corrected chi connectivity index (χ3v) is 6.02. The van der Waals surface area contributed by atoms with Crippen molar-refractivity contribution in [2.45, 2.75) is 70.9 Å². The second kappa shape index (κ2) is 11.0. The van der Waals surface area contributed by atoms with Crippen LogP contribution in [0, 0.1) is 0 Å². The van der Waals surface area contributed by atoms with Gasteiger partial charge in [0.15, 0.2) is 6.04 Å². The number of phenols is 1. The topological polar surface area (TPSA) is 97.6 Å². The number of esters is 1. The van der Waals surface area contributed by atoms with Crippen molar-refractivity contribution in [3.05, 3.63) is 63.1 Å². The summed E-state index contributed by atoms with van der Waals surface area (Å²) in [5.41, 5.74) is 2.28. The Morgan fingerprint density at radius 2 is 1.81 bits per heavy atom. The van der Waals surface area contributed by atoms with E-state index in [1.54, 1.807) is 10.6 Å². The summed E-state index contributed by atoms with van der Waals surface area (Å²) in [6, 6.07) is 6.57. The standard InChI is InChI=1S/C25H32N2O5/c1-3-4-15-27-21-10-8-6-5-7-9-18(21)16-20(24(27)30)23(29)26-22(25(31)32-2)17-11-13-19(28)14-12-17/h11-14,16,22,28H,3-10,15H2,1-2H3,(H,26,29). The third-order valence-electron chi connectivity index (χ3n) is 6.02. The Kier molecular flexibility index (Phi) is 8.09. The van der Waals surface area contributed by atoms with E-state index in [1.807, 2.05) is 0 Å². The Hall–Kier alpha value is -3.09. The molecule has 0 bridgehead atoms. The molecular formula is C25H32N2O5. The van der Waals surface area contributed by atoms with Gasteiger partial charge in [-0.05, 0) is 61.4 Å². The van der Waals surface area contributed by atoms with Crippen molar-refractivity contribution >= 4 is 11.9 Å². The molecule has 7 heteroatoms. The lowest BCUT2D eigenvalue weighted by molar-refractivity contribution is -0.143. The van der Waals surface area contributed by atoms with E-state index >= 15 is 0 Å². The van der Waals surface area contributed by atoms with Crippen LogP contribution in [0.5, 0.6) is 5.75 Å². The number of amides is 1. The largest absolute Gasteiger partial charge is 0.508 e. The van der Waals surface area contributed by atoms with Gasteiger partial charge in [0.1, 0.15) is 11.3 Å². The number of aromatic hydroxyl groups is 1. The summed E-state index contributed by atoms with van der Waals surface area (Å²) < 4.78 is 6.63. The number of carbonyl (C=O) groups excluding carboxylic acids is 2. The molecule has 2 aromatic rings. The molecule has 1 aliphatic rings. The first-order valence-corrected chi connectivity index (χ1v) is 11.4. The number of methoxy groups -OCH3 is 1. The van der Waals surface area contributed by atoms with Gasteiger partial charge in [-0.15, -0.1) is 0 Å². The maximum absolute atomic E-state index is 13.3. The Balaban J connectivity index is 1.99. The number of ether oxygens (including phenoxy) is 1. The van der Waals surface area contributed by atoms with Gasteiger partial charge in [-0.1, -0.05) is 38.3 Å². The average Bonchev–Trinajstić information content (AvgIpc) is 2.77. The number of rotatable bonds is 7. The zero-order chi connectivity index (χ0) is 23.1. The van der Waals surface area contributed by atoms with E-state index in [4.69, 9.17) is 4.74 Å². The minimum atomic E-state index is -1.08. The number of pyridine rings is 1. The summed E-state index contributed by atoms with van der Waals surface area (Å²) in [4.78, 5) is 39.0. The fourth-order valence-corrected chi connectivity index (χ4v) is 4.22. The van der Waals surface area contributed by atoms with Crippen molar-refractivity contribution in [3.63, 3.8) is 0 Å². The molecule has 0 radical (unpaired) electrons. The van der Waals surface area contributed by atoms with Crippen molar-refractivity contribution < 1.29 is 19.4 Å². The van der Waals surface area contributed by atoms with Crippen LogP contribution in [0.4, 0.5) is 0 Å². The summed E-state index contributed by atoms with van der Waals surface area (Å²) in [7, 11) is 1.24. The van der Waals surface area contributed by atoms with Crippen LogP contribution in [0.1, 0.15) is 78.7 Å². The van der Waals surface area contributed by atoms with Gasteiger partial charge in [0.05, 0.1) is 7.11 Å². The van der Waals surface area contributed by atoms with Crippen LogP contribution in [-0.4, -0.2) is 28.7 Å². The van der Waals surface area contributed by atoms with Crippen molar-refractivity contribution in [3.8, 4) is 5.75 Å². The number of aromatic nitrogens is 1. The van der Waals surface area contributed by atoms with Crippen molar-refractivity contribution in [2.75, 3.05) is 7.11 Å². The van der Waals surface area contributed by atoms with E-state index in [0.29, 0.717) is 12.1 Å². The average molecular weight is 441 g/mol. The molecule has 32 heavy (non-hydrogen) atoms. The summed E-state index contributed by atoms with van der Waals surface area (Å²) in [5, 5.41) is 12.2. The summed E-state index contributed by atoms with van der Waals surface area (Å²) in [6.07, 6.45) is 7.83. The molecule has 172 valence electrons. The van der Waals surface area contributed by atoms with E-state index in [0.717, 1.165) is 62.6 Å². The van der Waals surface area contributed by atoms with Crippen molar-refractivity contribution in [1.29, 1.82) is 0 Å². The number of fused-ring (bicyclic) bond motifs is 1. The molecule has 1 aromatic carbocycles. The molecule has 1 heterocycles. The number of aryl methyl sites for hydroxylation is 1. The monoisotopic (exact) mass is 440 g/mol. The highest BCUT2D eigenvalue weighted by atomic mass is 16.5. The summed E-state index contributed by atoms with van der Waals surface area (Å²) >= 11 is 0. The normalized spacial score (nSPS) is 14.6. The Morgan fingerprint density at radius 1 is 1.12 bits per heavy atom. The Labute approximate surface area is 188 Å². The molecule has 1 aromatic heterocycles. The highest BCUT2D eigenvalue weighted by molar-refractivity contribution is 5.97. The number of phenolic OH excluding ortho intramolecular Hbond substituents is 1. The molecule has 1 atom stereocenters. The van der Waals surface area contributed by atoms with Crippen LogP contribution >= 0.6 is 0 Å². The molecule has 0 saturated carbocycles. The van der Waals surface area contributed by atoms with E-state index < -0.39 is 17.9 Å². The number of hydrogen-bond acceptors (Lipinski definition) is 5. The molecule has 7 nitrogen and oxygen atoms in total. The zero-order valence-electron chi connectivity index (χ0n) is 18.9. The first-order valence-electron chi connectivity index (χ1n) is 11.4. The van der Waals surface area contributed by atoms with Crippen LogP contribution < -0.4 is 10.9 Å². The van der Waals surface area contributed by atoms with Crippen LogP contribution in [0.25, 0.3) is 0 Å². The smallest absolute Gasteiger partial charge is 0.333 e. The number of hydrogen-bond donors (Lipinski definition) is 2. The van der Waals surface area contributed by atoms with Gasteiger partial charge >= 0.3 is 5.97 Å². The van der Waals surface area contributed by atoms with Crippen LogP contribution in [0.2, 0.25) is 0 Å². The SMILES string of the molecule is CCCCn1c2c(cc(C(=O)NC(C(=O)OC)c3ccc(O)cc3)c1=O)CCCCCC2.